The summed E-state index contributed by atoms with van der Waals surface area (Å²) in [7, 11) is 0. The van der Waals surface area contributed by atoms with Crippen molar-refractivity contribution in [3.8, 4) is 0 Å². The summed E-state index contributed by atoms with van der Waals surface area (Å²) in [6.45, 7) is 2.47. The average Bonchev–Trinajstić information content (AvgIpc) is 2.97. The van der Waals surface area contributed by atoms with Crippen LogP contribution >= 0.6 is 0 Å². The van der Waals surface area contributed by atoms with Gasteiger partial charge < -0.3 is 11.1 Å². The van der Waals surface area contributed by atoms with Crippen molar-refractivity contribution in [2.75, 3.05) is 6.54 Å². The number of aryl methyl sites for hydroxylation is 1. The predicted octanol–water partition coefficient (Wildman–Crippen LogP) is -1.41. The van der Waals surface area contributed by atoms with E-state index in [4.69, 9.17) is 5.73 Å². The number of carbonyl (C=O) groups excluding carboxylic acids is 1. The van der Waals surface area contributed by atoms with Gasteiger partial charge in [0.1, 0.15) is 17.1 Å². The van der Waals surface area contributed by atoms with Crippen LogP contribution in [-0.4, -0.2) is 37.8 Å². The minimum Gasteiger partial charge on any atom is -0.349 e. The highest BCUT2D eigenvalue weighted by atomic mass is 16.6. The lowest BCUT2D eigenvalue weighted by Crippen LogP contribution is -2.29. The molecule has 3 N–H and O–H groups in total. The lowest BCUT2D eigenvalue weighted by molar-refractivity contribution is -0.119. The highest BCUT2D eigenvalue weighted by Gasteiger charge is 2.08. The molecule has 0 fully saturated rings. The first-order valence-electron chi connectivity index (χ1n) is 5.33. The second kappa shape index (κ2) is 5.36. The van der Waals surface area contributed by atoms with Gasteiger partial charge in [0.2, 0.25) is 5.91 Å². The Morgan fingerprint density at radius 2 is 2.39 bits per heavy atom. The first kappa shape index (κ1) is 12.2. The van der Waals surface area contributed by atoms with Gasteiger partial charge in [-0.25, -0.2) is 9.31 Å². The predicted molar refractivity (Wildman–Crippen MR) is 59.1 cm³/mol. The third-order valence-electron chi connectivity index (χ3n) is 2.30. The minimum atomic E-state index is -0.235. The summed E-state index contributed by atoms with van der Waals surface area (Å²) in [4.78, 5) is 11.0. The summed E-state index contributed by atoms with van der Waals surface area (Å²) in [5, 5.41) is 17.8. The maximum Gasteiger partial charge on any atom is 0.234 e. The van der Waals surface area contributed by atoms with Gasteiger partial charge in [-0.3, -0.25) is 4.79 Å². The van der Waals surface area contributed by atoms with Crippen LogP contribution in [0.25, 0.3) is 0 Å². The second-order valence-corrected chi connectivity index (χ2v) is 3.68. The summed E-state index contributed by atoms with van der Waals surface area (Å²) in [5.74, 6) is -0.235. The molecule has 0 aliphatic rings. The van der Waals surface area contributed by atoms with E-state index in [0.29, 0.717) is 30.2 Å². The first-order chi connectivity index (χ1) is 8.69. The molecule has 96 valence electrons. The lowest BCUT2D eigenvalue weighted by Gasteiger charge is -1.98. The largest absolute Gasteiger partial charge is 0.349 e. The number of nitrogens with one attached hydrogen (secondary N) is 1. The number of amides is 1. The van der Waals surface area contributed by atoms with Crippen molar-refractivity contribution in [1.29, 1.82) is 0 Å². The summed E-state index contributed by atoms with van der Waals surface area (Å²) >= 11 is 0. The molecule has 2 rings (SSSR count). The molecule has 9 nitrogen and oxygen atoms in total. The summed E-state index contributed by atoms with van der Waals surface area (Å²) in [6.07, 6.45) is 1.71. The molecule has 0 aromatic carbocycles. The summed E-state index contributed by atoms with van der Waals surface area (Å²) < 4.78 is 6.18. The molecule has 0 bridgehead atoms. The third-order valence-corrected chi connectivity index (χ3v) is 2.30. The highest BCUT2D eigenvalue weighted by molar-refractivity contribution is 5.77. The van der Waals surface area contributed by atoms with E-state index in [0.717, 1.165) is 0 Å². The Bertz CT molecular complexity index is 533. The zero-order valence-corrected chi connectivity index (χ0v) is 9.83. The minimum absolute atomic E-state index is 0.0437. The Morgan fingerprint density at radius 1 is 1.56 bits per heavy atom. The molecule has 2 aromatic rings. The molecule has 0 spiro atoms. The van der Waals surface area contributed by atoms with Gasteiger partial charge in [0.05, 0.1) is 25.8 Å². The molecule has 0 saturated heterocycles. The number of aromatic nitrogens is 5. The number of hydrogen-bond donors (Lipinski definition) is 2. The van der Waals surface area contributed by atoms with Crippen LogP contribution in [0, 0.1) is 6.92 Å². The van der Waals surface area contributed by atoms with Gasteiger partial charge in [0, 0.05) is 0 Å². The molecule has 0 atom stereocenters. The van der Waals surface area contributed by atoms with E-state index in [1.54, 1.807) is 17.8 Å². The van der Waals surface area contributed by atoms with Gasteiger partial charge in [-0.2, -0.15) is 0 Å². The monoisotopic (exact) mass is 251 g/mol. The van der Waals surface area contributed by atoms with Gasteiger partial charge in [-0.15, -0.1) is 5.10 Å². The highest BCUT2D eigenvalue weighted by Crippen LogP contribution is 2.03. The van der Waals surface area contributed by atoms with E-state index in [2.05, 4.69) is 30.6 Å². The maximum absolute atomic E-state index is 11.0. The van der Waals surface area contributed by atoms with Gasteiger partial charge in [-0.05, 0) is 6.92 Å². The molecule has 0 unspecified atom stereocenters. The quantitative estimate of drug-likeness (QED) is 0.668. The molecule has 18 heavy (non-hydrogen) atoms. The van der Waals surface area contributed by atoms with Crippen LogP contribution in [0.3, 0.4) is 0 Å². The number of carbonyl (C=O) groups is 1. The third kappa shape index (κ3) is 2.88. The molecule has 0 radical (unpaired) electrons. The van der Waals surface area contributed by atoms with Gasteiger partial charge in [-0.1, -0.05) is 15.5 Å². The molecule has 0 aliphatic carbocycles. The molecule has 0 aliphatic heterocycles. The molecular formula is C9H13N7O2. The fourth-order valence-electron chi connectivity index (χ4n) is 1.30. The van der Waals surface area contributed by atoms with E-state index in [1.165, 1.54) is 0 Å². The zero-order chi connectivity index (χ0) is 13.0. The zero-order valence-electron chi connectivity index (χ0n) is 9.83. The Labute approximate surface area is 102 Å². The van der Waals surface area contributed by atoms with Gasteiger partial charge in [0.25, 0.3) is 0 Å². The number of hydrogen-bond acceptors (Lipinski definition) is 7. The molecule has 9 heteroatoms. The van der Waals surface area contributed by atoms with Crippen molar-refractivity contribution in [3.05, 3.63) is 23.3 Å². The van der Waals surface area contributed by atoms with Crippen molar-refractivity contribution < 1.29 is 9.42 Å². The van der Waals surface area contributed by atoms with Crippen molar-refractivity contribution in [2.24, 2.45) is 5.73 Å². The van der Waals surface area contributed by atoms with Crippen LogP contribution in [0.2, 0.25) is 0 Å². The van der Waals surface area contributed by atoms with Crippen molar-refractivity contribution in [2.45, 2.75) is 20.0 Å². The SMILES string of the molecule is Cc1nonc1Cn1cc(CNC(=O)CN)nn1. The van der Waals surface area contributed by atoms with Crippen LogP contribution in [0.1, 0.15) is 17.1 Å². The first-order valence-corrected chi connectivity index (χ1v) is 5.33. The Balaban J connectivity index is 1.94. The fraction of sp³-hybridized carbons (Fsp3) is 0.444. The van der Waals surface area contributed by atoms with Gasteiger partial charge >= 0.3 is 0 Å². The fourth-order valence-corrected chi connectivity index (χ4v) is 1.30. The molecule has 2 heterocycles. The van der Waals surface area contributed by atoms with Crippen molar-refractivity contribution in [1.82, 2.24) is 30.6 Å². The number of nitrogens with zero attached hydrogens (tertiary/aromatic N) is 5. The van der Waals surface area contributed by atoms with E-state index in [9.17, 15) is 4.79 Å². The Kier molecular flexibility index (Phi) is 3.63. The standard InChI is InChI=1S/C9H13N7O2/c1-6-8(14-18-13-6)5-16-4-7(12-15-16)3-11-9(17)2-10/h4H,2-3,5,10H2,1H3,(H,11,17). The average molecular weight is 251 g/mol. The smallest absolute Gasteiger partial charge is 0.234 e. The van der Waals surface area contributed by atoms with E-state index < -0.39 is 0 Å². The molecule has 1 amide bonds. The maximum atomic E-state index is 11.0. The van der Waals surface area contributed by atoms with E-state index in [-0.39, 0.29) is 12.5 Å². The van der Waals surface area contributed by atoms with Crippen LogP contribution in [0.4, 0.5) is 0 Å². The van der Waals surface area contributed by atoms with Crippen molar-refractivity contribution in [3.63, 3.8) is 0 Å². The van der Waals surface area contributed by atoms with Crippen molar-refractivity contribution >= 4 is 5.91 Å². The Hall–Kier alpha value is -2.29. The lowest BCUT2D eigenvalue weighted by atomic mass is 10.3. The molecular weight excluding hydrogens is 238 g/mol. The molecule has 2 aromatic heterocycles. The van der Waals surface area contributed by atoms with Crippen LogP contribution in [0.5, 0.6) is 0 Å². The summed E-state index contributed by atoms with van der Waals surface area (Å²) in [6, 6.07) is 0. The second-order valence-electron chi connectivity index (χ2n) is 3.68. The Morgan fingerprint density at radius 3 is 3.06 bits per heavy atom. The molecule has 0 saturated carbocycles. The normalized spacial score (nSPS) is 10.6. The van der Waals surface area contributed by atoms with Gasteiger partial charge in [0.15, 0.2) is 0 Å². The summed E-state index contributed by atoms with van der Waals surface area (Å²) in [5.41, 5.74) is 7.22. The van der Waals surface area contributed by atoms with E-state index >= 15 is 0 Å². The number of nitrogens with two attached hydrogens (primary N) is 1. The topological polar surface area (TPSA) is 125 Å². The van der Waals surface area contributed by atoms with Crippen LogP contribution < -0.4 is 11.1 Å². The number of rotatable bonds is 5. The van der Waals surface area contributed by atoms with E-state index in [1.807, 2.05) is 0 Å². The van der Waals surface area contributed by atoms with Crippen LogP contribution in [0.15, 0.2) is 10.8 Å². The van der Waals surface area contributed by atoms with Crippen LogP contribution in [-0.2, 0) is 17.9 Å².